The van der Waals surface area contributed by atoms with Gasteiger partial charge >= 0.3 is 143 Å². The molecule has 0 amide bonds. The zero-order valence-electron chi connectivity index (χ0n) is 16.6. The van der Waals surface area contributed by atoms with E-state index < -0.39 is 122 Å². The zero-order chi connectivity index (χ0) is 30.4. The van der Waals surface area contributed by atoms with Crippen LogP contribution in [-0.4, -0.2) is 0 Å². The molecule has 2 aromatic carbocycles. The summed E-state index contributed by atoms with van der Waals surface area (Å²) >= 11 is -25.6. The van der Waals surface area contributed by atoms with Gasteiger partial charge in [-0.15, -0.1) is 17.2 Å². The van der Waals surface area contributed by atoms with E-state index in [9.17, 15) is 17.2 Å². The largest absolute Gasteiger partial charge is 0.503 e. The van der Waals surface area contributed by atoms with Crippen molar-refractivity contribution < 1.29 is 75.2 Å². The highest BCUT2D eigenvalue weighted by Crippen LogP contribution is 2.01. The first-order valence-electron chi connectivity index (χ1n) is 6.91. The minimum absolute atomic E-state index is 0.0287. The molecule has 0 N–H and O–H groups in total. The number of benzene rings is 2. The first kappa shape index (κ1) is 47.5. The van der Waals surface area contributed by atoms with E-state index >= 15 is 0 Å². The van der Waals surface area contributed by atoms with Gasteiger partial charge in [0.15, 0.2) is 7.14 Å². The Bertz CT molecular complexity index is 1020. The lowest BCUT2D eigenvalue weighted by atomic mass is 10.4. The summed E-state index contributed by atoms with van der Waals surface area (Å²) in [5, 5.41) is 0. The topological polar surface area (TPSA) is 205 Å². The second-order valence-corrected chi connectivity index (χ2v) is 12.9. The maximum absolute atomic E-state index is 10.0. The Morgan fingerprint density at radius 1 is 0.351 bits per heavy atom. The molecule has 0 bridgehead atoms. The van der Waals surface area contributed by atoms with Crippen molar-refractivity contribution in [3.63, 3.8) is 0 Å². The molecule has 0 aromatic heterocycles. The van der Waals surface area contributed by atoms with E-state index in [0.29, 0.717) is 0 Å². The fourth-order valence-electron chi connectivity index (χ4n) is 1.08. The van der Waals surface area contributed by atoms with Crippen LogP contribution in [-0.2, 0) is 36.8 Å². The van der Waals surface area contributed by atoms with Gasteiger partial charge in [0.2, 0.25) is 0 Å². The molecular weight excluding hydrogens is 1340 g/mol. The molecule has 0 spiro atoms. The van der Waals surface area contributed by atoms with Gasteiger partial charge in [-0.3, -0.25) is 0 Å². The van der Waals surface area contributed by atoms with Crippen LogP contribution in [0, 0.1) is 7.14 Å². The molecule has 25 heteroatoms. The average Bonchev–Trinajstić information content (AvgIpc) is 2.67. The van der Waals surface area contributed by atoms with Crippen molar-refractivity contribution in [3.05, 3.63) is 67.8 Å². The van der Waals surface area contributed by atoms with Gasteiger partial charge < -0.3 is 0 Å². The summed E-state index contributed by atoms with van der Waals surface area (Å²) in [5.74, 6) is 0. The molecule has 0 unspecified atom stereocenters. The molecule has 0 saturated carbocycles. The number of rotatable bonds is 2. The van der Waals surface area contributed by atoms with Crippen LogP contribution >= 0.6 is 122 Å². The SMILES string of the molecule is O=I(=O)F.O=I(=O)F.O=I(=O)F.O=I(=O)F.O=I(=O)F.O=I(=O)F.c1ccc([I+]c2ccccc2)cc1. The van der Waals surface area contributed by atoms with E-state index in [1.54, 1.807) is 0 Å². The first-order chi connectivity index (χ1) is 16.8. The fourth-order valence-corrected chi connectivity index (χ4v) is 3.35. The molecule has 2 rings (SSSR count). The molecule has 0 radical (unpaired) electrons. The lowest BCUT2D eigenvalue weighted by Gasteiger charge is -1.84. The van der Waals surface area contributed by atoms with E-state index in [2.05, 4.69) is 60.7 Å². The minimum Gasteiger partial charge on any atom is -0.197 e. The summed E-state index contributed by atoms with van der Waals surface area (Å²) in [6.07, 6.45) is 0. The van der Waals surface area contributed by atoms with Crippen molar-refractivity contribution in [2.24, 2.45) is 0 Å². The van der Waals surface area contributed by atoms with Crippen molar-refractivity contribution in [2.45, 2.75) is 0 Å². The number of hydrogen-bond acceptors (Lipinski definition) is 12. The molecular formula is C12H10F6I7O12+. The molecule has 220 valence electrons. The van der Waals surface area contributed by atoms with Gasteiger partial charge in [-0.05, 0) is 24.3 Å². The van der Waals surface area contributed by atoms with Gasteiger partial charge in [0.25, 0.3) is 0 Å². The Morgan fingerprint density at radius 3 is 0.622 bits per heavy atom. The number of hydrogen-bond donors (Lipinski definition) is 0. The third kappa shape index (κ3) is 103. The molecule has 2 aromatic rings. The fraction of sp³-hybridized carbons (Fsp3) is 0. The third-order valence-corrected chi connectivity index (χ3v) is 4.37. The Hall–Kier alpha value is 0.730. The quantitative estimate of drug-likeness (QED) is 0.243. The predicted octanol–water partition coefficient (Wildman–Crippen LogP) is 6.22. The van der Waals surface area contributed by atoms with Crippen molar-refractivity contribution in [1.29, 1.82) is 0 Å². The first-order valence-corrected chi connectivity index (χ1v) is 24.5. The summed E-state index contributed by atoms with van der Waals surface area (Å²) in [6.45, 7) is 0. The molecule has 0 saturated heterocycles. The normalized spacial score (nSPS) is 8.97. The monoisotopic (exact) mass is 1350 g/mol. The molecule has 0 fully saturated rings. The molecule has 0 heterocycles. The average molecular weight is 1350 g/mol. The molecule has 0 aliphatic heterocycles. The Morgan fingerprint density at radius 2 is 0.486 bits per heavy atom. The Labute approximate surface area is 260 Å². The van der Waals surface area contributed by atoms with Crippen LogP contribution < -0.4 is 21.2 Å². The van der Waals surface area contributed by atoms with Crippen molar-refractivity contribution >= 4 is 122 Å². The lowest BCUT2D eigenvalue weighted by molar-refractivity contribution is -0.597. The summed E-state index contributed by atoms with van der Waals surface area (Å²) in [4.78, 5) is 0. The van der Waals surface area contributed by atoms with E-state index in [-0.39, 0.29) is 21.2 Å². The van der Waals surface area contributed by atoms with Gasteiger partial charge in [-0.25, -0.2) is 0 Å². The summed E-state index contributed by atoms with van der Waals surface area (Å²) in [6, 6.07) is 21.4. The summed E-state index contributed by atoms with van der Waals surface area (Å²) < 4.78 is 165. The highest BCUT2D eigenvalue weighted by Gasteiger charge is 2.12. The van der Waals surface area contributed by atoms with Crippen LogP contribution in [0.15, 0.2) is 60.7 Å². The van der Waals surface area contributed by atoms with Crippen LogP contribution in [0.25, 0.3) is 0 Å². The lowest BCUT2D eigenvalue weighted by Crippen LogP contribution is -3.61. The van der Waals surface area contributed by atoms with Crippen LogP contribution in [0.4, 0.5) is 17.2 Å². The van der Waals surface area contributed by atoms with Gasteiger partial charge in [0.1, 0.15) is 0 Å². The molecule has 0 aliphatic carbocycles. The predicted molar refractivity (Wildman–Crippen MR) is 149 cm³/mol. The Balaban J connectivity index is -0.000000120. The Kier molecular flexibility index (Phi) is 47.2. The molecule has 0 aliphatic rings. The zero-order valence-corrected chi connectivity index (χ0v) is 31.7. The smallest absolute Gasteiger partial charge is 0.197 e. The maximum atomic E-state index is 10.0. The number of halogens is 13. The standard InChI is InChI=1S/C12H10I.6FIO2/c1-3-7-11(8-4-1)13-12-9-5-2-6-10-12;6*1-2(3)4/h1-10H;;;;;;/q+1;;;;;;. The second-order valence-electron chi connectivity index (χ2n) is 3.76. The van der Waals surface area contributed by atoms with E-state index in [4.69, 9.17) is 36.8 Å². The van der Waals surface area contributed by atoms with Gasteiger partial charge in [-0.1, -0.05) is 36.4 Å². The van der Waals surface area contributed by atoms with Crippen LogP contribution in [0.5, 0.6) is 0 Å². The summed E-state index contributed by atoms with van der Waals surface area (Å²) in [7, 11) is 0. The second kappa shape index (κ2) is 36.7. The minimum atomic E-state index is -4.26. The highest BCUT2D eigenvalue weighted by molar-refractivity contribution is 14.2. The van der Waals surface area contributed by atoms with Crippen molar-refractivity contribution in [1.82, 2.24) is 0 Å². The van der Waals surface area contributed by atoms with Crippen LogP contribution in [0.3, 0.4) is 0 Å². The van der Waals surface area contributed by atoms with Crippen LogP contribution in [0.1, 0.15) is 0 Å². The maximum Gasteiger partial charge on any atom is 0.503 e. The summed E-state index contributed by atoms with van der Waals surface area (Å²) in [5.41, 5.74) is 0. The van der Waals surface area contributed by atoms with E-state index in [1.165, 1.54) is 7.14 Å². The highest BCUT2D eigenvalue weighted by atomic mass is 127. The third-order valence-electron chi connectivity index (χ3n) is 1.68. The van der Waals surface area contributed by atoms with Gasteiger partial charge in [0.05, 0.1) is 0 Å². The van der Waals surface area contributed by atoms with E-state index in [0.717, 1.165) is 0 Å². The molecule has 37 heavy (non-hydrogen) atoms. The van der Waals surface area contributed by atoms with Crippen molar-refractivity contribution in [2.75, 3.05) is 0 Å². The van der Waals surface area contributed by atoms with Gasteiger partial charge in [-0.2, -0.15) is 36.8 Å². The van der Waals surface area contributed by atoms with Crippen LogP contribution in [0.2, 0.25) is 0 Å². The molecule has 0 atom stereocenters. The van der Waals surface area contributed by atoms with Crippen molar-refractivity contribution in [3.8, 4) is 0 Å². The molecule has 12 nitrogen and oxygen atoms in total. The van der Waals surface area contributed by atoms with Gasteiger partial charge in [0, 0.05) is 0 Å². The van der Waals surface area contributed by atoms with E-state index in [1.807, 2.05) is 0 Å².